The average molecular weight is 312 g/mol. The maximum Gasteiger partial charge on any atom is 0.255 e. The van der Waals surface area contributed by atoms with Crippen LogP contribution in [0.1, 0.15) is 29.8 Å². The summed E-state index contributed by atoms with van der Waals surface area (Å²) >= 11 is 0. The summed E-state index contributed by atoms with van der Waals surface area (Å²) < 4.78 is 5.40. The van der Waals surface area contributed by atoms with Crippen molar-refractivity contribution >= 4 is 23.2 Å². The van der Waals surface area contributed by atoms with Crippen molar-refractivity contribution in [3.63, 3.8) is 0 Å². The Balaban J connectivity index is 2.16. The molecule has 0 fully saturated rings. The molecule has 0 aromatic heterocycles. The fourth-order valence-electron chi connectivity index (χ4n) is 2.12. The van der Waals surface area contributed by atoms with E-state index in [1.807, 2.05) is 19.9 Å². The summed E-state index contributed by atoms with van der Waals surface area (Å²) in [5.41, 5.74) is 2.73. The van der Waals surface area contributed by atoms with Crippen LogP contribution in [-0.2, 0) is 4.79 Å². The first-order valence-electron chi connectivity index (χ1n) is 7.42. The first kappa shape index (κ1) is 16.5. The predicted molar refractivity (Wildman–Crippen MR) is 91.0 cm³/mol. The number of carbonyl (C=O) groups excluding carboxylic acids is 2. The Kier molecular flexibility index (Phi) is 5.36. The van der Waals surface area contributed by atoms with Crippen LogP contribution in [0.15, 0.2) is 42.5 Å². The molecule has 0 saturated heterocycles. The molecule has 0 aliphatic rings. The summed E-state index contributed by atoms with van der Waals surface area (Å²) in [4.78, 5) is 23.5. The first-order chi connectivity index (χ1) is 11.0. The van der Waals surface area contributed by atoms with Gasteiger partial charge in [-0.25, -0.2) is 0 Å². The van der Waals surface area contributed by atoms with Crippen molar-refractivity contribution in [3.05, 3.63) is 53.6 Å². The molecule has 0 unspecified atom stereocenters. The third kappa shape index (κ3) is 4.57. The number of anilines is 2. The molecule has 23 heavy (non-hydrogen) atoms. The van der Waals surface area contributed by atoms with E-state index >= 15 is 0 Å². The number of hydrogen-bond donors (Lipinski definition) is 2. The topological polar surface area (TPSA) is 67.4 Å². The number of ether oxygens (including phenoxy) is 1. The van der Waals surface area contributed by atoms with Crippen LogP contribution in [0.5, 0.6) is 5.75 Å². The maximum absolute atomic E-state index is 12.3. The van der Waals surface area contributed by atoms with Gasteiger partial charge in [0.2, 0.25) is 5.91 Å². The molecule has 2 N–H and O–H groups in total. The van der Waals surface area contributed by atoms with Gasteiger partial charge in [-0.05, 0) is 49.7 Å². The van der Waals surface area contributed by atoms with Crippen molar-refractivity contribution in [2.24, 2.45) is 0 Å². The smallest absolute Gasteiger partial charge is 0.255 e. The molecule has 0 atom stereocenters. The fraction of sp³-hybridized carbons (Fsp3) is 0.222. The minimum absolute atomic E-state index is 0.152. The standard InChI is InChI=1S/C18H20N2O3/c1-4-23-16-7-5-6-14(10-16)18(22)20-15-9-8-12(2)17(11-15)19-13(3)21/h5-11H,4H2,1-3H3,(H,19,21)(H,20,22). The van der Waals surface area contributed by atoms with Crippen LogP contribution < -0.4 is 15.4 Å². The van der Waals surface area contributed by atoms with E-state index in [9.17, 15) is 9.59 Å². The molecule has 0 aliphatic carbocycles. The van der Waals surface area contributed by atoms with Crippen molar-refractivity contribution in [2.75, 3.05) is 17.2 Å². The van der Waals surface area contributed by atoms with E-state index < -0.39 is 0 Å². The quantitative estimate of drug-likeness (QED) is 0.886. The average Bonchev–Trinajstić information content (AvgIpc) is 2.51. The van der Waals surface area contributed by atoms with Crippen LogP contribution in [-0.4, -0.2) is 18.4 Å². The van der Waals surface area contributed by atoms with Gasteiger partial charge in [0.15, 0.2) is 0 Å². The molecule has 0 spiro atoms. The van der Waals surface area contributed by atoms with Crippen molar-refractivity contribution < 1.29 is 14.3 Å². The fourth-order valence-corrected chi connectivity index (χ4v) is 2.12. The summed E-state index contributed by atoms with van der Waals surface area (Å²) in [5.74, 6) is 0.271. The second kappa shape index (κ2) is 7.45. The molecule has 2 amide bonds. The van der Waals surface area contributed by atoms with Crippen molar-refractivity contribution in [3.8, 4) is 5.75 Å². The lowest BCUT2D eigenvalue weighted by Crippen LogP contribution is -2.13. The van der Waals surface area contributed by atoms with Crippen LogP contribution in [0.4, 0.5) is 11.4 Å². The summed E-state index contributed by atoms with van der Waals surface area (Å²) in [5, 5.41) is 5.56. The Bertz CT molecular complexity index is 726. The van der Waals surface area contributed by atoms with Gasteiger partial charge in [-0.1, -0.05) is 12.1 Å². The lowest BCUT2D eigenvalue weighted by Gasteiger charge is -2.11. The van der Waals surface area contributed by atoms with Gasteiger partial charge in [-0.15, -0.1) is 0 Å². The van der Waals surface area contributed by atoms with Crippen LogP contribution in [0.2, 0.25) is 0 Å². The van der Waals surface area contributed by atoms with Crippen molar-refractivity contribution in [2.45, 2.75) is 20.8 Å². The molecular weight excluding hydrogens is 292 g/mol. The van der Waals surface area contributed by atoms with Gasteiger partial charge >= 0.3 is 0 Å². The third-order valence-corrected chi connectivity index (χ3v) is 3.21. The van der Waals surface area contributed by atoms with Crippen LogP contribution in [0.3, 0.4) is 0 Å². The highest BCUT2D eigenvalue weighted by Crippen LogP contribution is 2.21. The third-order valence-electron chi connectivity index (χ3n) is 3.21. The number of carbonyl (C=O) groups is 2. The second-order valence-corrected chi connectivity index (χ2v) is 5.13. The van der Waals surface area contributed by atoms with E-state index in [0.29, 0.717) is 29.3 Å². The summed E-state index contributed by atoms with van der Waals surface area (Å²) in [6, 6.07) is 12.4. The van der Waals surface area contributed by atoms with Gasteiger partial charge < -0.3 is 15.4 Å². The number of benzene rings is 2. The highest BCUT2D eigenvalue weighted by Gasteiger charge is 2.09. The van der Waals surface area contributed by atoms with Crippen LogP contribution in [0.25, 0.3) is 0 Å². The van der Waals surface area contributed by atoms with Gasteiger partial charge in [0.25, 0.3) is 5.91 Å². The molecule has 2 rings (SSSR count). The van der Waals surface area contributed by atoms with Crippen LogP contribution in [0, 0.1) is 6.92 Å². The van der Waals surface area contributed by atoms with Crippen molar-refractivity contribution in [1.29, 1.82) is 0 Å². The zero-order chi connectivity index (χ0) is 16.8. The molecule has 2 aromatic rings. The monoisotopic (exact) mass is 312 g/mol. The number of aryl methyl sites for hydroxylation is 1. The van der Waals surface area contributed by atoms with Gasteiger partial charge in [-0.2, -0.15) is 0 Å². The Morgan fingerprint density at radius 1 is 1.09 bits per heavy atom. The van der Waals surface area contributed by atoms with E-state index in [1.165, 1.54) is 6.92 Å². The van der Waals surface area contributed by atoms with Gasteiger partial charge in [0, 0.05) is 23.9 Å². The minimum atomic E-state index is -0.232. The Labute approximate surface area is 135 Å². The maximum atomic E-state index is 12.3. The number of nitrogens with one attached hydrogen (secondary N) is 2. The number of amides is 2. The molecule has 0 aliphatic heterocycles. The zero-order valence-corrected chi connectivity index (χ0v) is 13.5. The van der Waals surface area contributed by atoms with Gasteiger partial charge in [0.1, 0.15) is 5.75 Å². The molecule has 0 bridgehead atoms. The summed E-state index contributed by atoms with van der Waals surface area (Å²) in [6.07, 6.45) is 0. The Morgan fingerprint density at radius 2 is 1.87 bits per heavy atom. The van der Waals surface area contributed by atoms with Crippen LogP contribution >= 0.6 is 0 Å². The molecule has 5 heteroatoms. The first-order valence-corrected chi connectivity index (χ1v) is 7.42. The zero-order valence-electron chi connectivity index (χ0n) is 13.5. The van der Waals surface area contributed by atoms with E-state index in [0.717, 1.165) is 5.56 Å². The molecule has 0 heterocycles. The van der Waals surface area contributed by atoms with Crippen molar-refractivity contribution in [1.82, 2.24) is 0 Å². The number of hydrogen-bond acceptors (Lipinski definition) is 3. The highest BCUT2D eigenvalue weighted by molar-refractivity contribution is 6.05. The molecule has 120 valence electrons. The second-order valence-electron chi connectivity index (χ2n) is 5.13. The van der Waals surface area contributed by atoms with Gasteiger partial charge in [0.05, 0.1) is 6.61 Å². The normalized spacial score (nSPS) is 10.0. The summed E-state index contributed by atoms with van der Waals surface area (Å²) in [7, 11) is 0. The molecule has 2 aromatic carbocycles. The lowest BCUT2D eigenvalue weighted by atomic mass is 10.1. The minimum Gasteiger partial charge on any atom is -0.494 e. The van der Waals surface area contributed by atoms with E-state index in [-0.39, 0.29) is 11.8 Å². The Hall–Kier alpha value is -2.82. The molecule has 0 radical (unpaired) electrons. The highest BCUT2D eigenvalue weighted by atomic mass is 16.5. The summed E-state index contributed by atoms with van der Waals surface area (Å²) in [6.45, 7) is 5.78. The van der Waals surface area contributed by atoms with Gasteiger partial charge in [-0.3, -0.25) is 9.59 Å². The largest absolute Gasteiger partial charge is 0.494 e. The van der Waals surface area contributed by atoms with E-state index in [1.54, 1.807) is 36.4 Å². The molecule has 0 saturated carbocycles. The number of rotatable bonds is 5. The predicted octanol–water partition coefficient (Wildman–Crippen LogP) is 3.60. The molecular formula is C18H20N2O3. The van der Waals surface area contributed by atoms with E-state index in [2.05, 4.69) is 10.6 Å². The lowest BCUT2D eigenvalue weighted by molar-refractivity contribution is -0.114. The molecule has 5 nitrogen and oxygen atoms in total. The SMILES string of the molecule is CCOc1cccc(C(=O)Nc2ccc(C)c(NC(C)=O)c2)c1. The van der Waals surface area contributed by atoms with E-state index in [4.69, 9.17) is 4.74 Å². The Morgan fingerprint density at radius 3 is 2.57 bits per heavy atom.